The predicted molar refractivity (Wildman–Crippen MR) is 45.5 cm³/mol. The Balaban J connectivity index is 3.11. The highest BCUT2D eigenvalue weighted by atomic mass is 32.2. The molecule has 3 nitrogen and oxygen atoms in total. The average molecular weight is 231 g/mol. The lowest BCUT2D eigenvalue weighted by molar-refractivity contribution is -0.182. The predicted octanol–water partition coefficient (Wildman–Crippen LogP) is 0.843. The van der Waals surface area contributed by atoms with Gasteiger partial charge in [0.1, 0.15) is 5.54 Å². The molecule has 14 heavy (non-hydrogen) atoms. The lowest BCUT2D eigenvalue weighted by atomic mass is 9.98. The van der Waals surface area contributed by atoms with Crippen molar-refractivity contribution in [1.82, 2.24) is 0 Å². The Morgan fingerprint density at radius 2 is 1.93 bits per heavy atom. The van der Waals surface area contributed by atoms with Crippen molar-refractivity contribution in [3.05, 3.63) is 0 Å². The first-order valence-electron chi connectivity index (χ1n) is 4.13. The largest absolute Gasteiger partial charge is 0.407 e. The van der Waals surface area contributed by atoms with E-state index >= 15 is 0 Å². The van der Waals surface area contributed by atoms with Crippen molar-refractivity contribution in [1.29, 1.82) is 0 Å². The molecule has 0 radical (unpaired) electrons. The number of alkyl halides is 3. The Morgan fingerprint density at radius 1 is 1.43 bits per heavy atom. The van der Waals surface area contributed by atoms with Gasteiger partial charge in [0, 0.05) is 6.26 Å². The molecular formula is C7H12F3NO2S. The minimum atomic E-state index is -4.66. The highest BCUT2D eigenvalue weighted by molar-refractivity contribution is 7.91. The molecule has 2 atom stereocenters. The molecule has 1 rings (SSSR count). The van der Waals surface area contributed by atoms with E-state index in [9.17, 15) is 21.6 Å². The molecule has 0 saturated heterocycles. The van der Waals surface area contributed by atoms with E-state index in [1.54, 1.807) is 0 Å². The molecule has 2 N–H and O–H groups in total. The van der Waals surface area contributed by atoms with E-state index in [2.05, 4.69) is 0 Å². The minimum Gasteiger partial charge on any atom is -0.317 e. The molecule has 1 aliphatic carbocycles. The van der Waals surface area contributed by atoms with Crippen molar-refractivity contribution in [3.63, 3.8) is 0 Å². The van der Waals surface area contributed by atoms with Crippen LogP contribution in [0.5, 0.6) is 0 Å². The van der Waals surface area contributed by atoms with Gasteiger partial charge < -0.3 is 5.73 Å². The third-order valence-corrected chi connectivity index (χ3v) is 4.37. The zero-order valence-electron chi connectivity index (χ0n) is 7.63. The average Bonchev–Trinajstić information content (AvgIpc) is 2.28. The van der Waals surface area contributed by atoms with Gasteiger partial charge in [-0.25, -0.2) is 8.42 Å². The second-order valence-corrected chi connectivity index (χ2v) is 5.98. The topological polar surface area (TPSA) is 60.2 Å². The number of rotatable bonds is 1. The summed E-state index contributed by atoms with van der Waals surface area (Å²) in [6, 6.07) is 0. The first-order valence-corrected chi connectivity index (χ1v) is 6.09. The molecule has 0 spiro atoms. The van der Waals surface area contributed by atoms with Crippen molar-refractivity contribution >= 4 is 9.84 Å². The van der Waals surface area contributed by atoms with Crippen molar-refractivity contribution in [2.24, 2.45) is 5.73 Å². The normalized spacial score (nSPS) is 34.8. The van der Waals surface area contributed by atoms with E-state index in [4.69, 9.17) is 5.73 Å². The van der Waals surface area contributed by atoms with Crippen LogP contribution < -0.4 is 5.73 Å². The monoisotopic (exact) mass is 231 g/mol. The van der Waals surface area contributed by atoms with E-state index in [0.29, 0.717) is 0 Å². The van der Waals surface area contributed by atoms with Gasteiger partial charge >= 0.3 is 6.18 Å². The van der Waals surface area contributed by atoms with Crippen LogP contribution in [0.1, 0.15) is 19.3 Å². The van der Waals surface area contributed by atoms with Crippen LogP contribution in [0.4, 0.5) is 13.2 Å². The number of halogens is 3. The SMILES string of the molecule is CS(=O)(=O)C1CCCC1(N)C(F)(F)F. The fourth-order valence-electron chi connectivity index (χ4n) is 1.92. The third-order valence-electron chi connectivity index (χ3n) is 2.68. The molecule has 0 aromatic rings. The summed E-state index contributed by atoms with van der Waals surface area (Å²) in [5.41, 5.74) is 2.61. The minimum absolute atomic E-state index is 0.00512. The third kappa shape index (κ3) is 1.75. The quantitative estimate of drug-likeness (QED) is 0.727. The molecule has 0 aliphatic heterocycles. The fourth-order valence-corrected chi connectivity index (χ4v) is 3.53. The van der Waals surface area contributed by atoms with Crippen molar-refractivity contribution in [2.75, 3.05) is 6.26 Å². The molecule has 7 heteroatoms. The first-order chi connectivity index (χ1) is 6.09. The Labute approximate surface area is 80.4 Å². The Kier molecular flexibility index (Phi) is 2.60. The van der Waals surface area contributed by atoms with Crippen LogP contribution in [0.3, 0.4) is 0 Å². The zero-order valence-corrected chi connectivity index (χ0v) is 8.45. The Bertz CT molecular complexity index is 324. The maximum atomic E-state index is 12.5. The molecule has 0 heterocycles. The first kappa shape index (κ1) is 11.8. The Hall–Kier alpha value is -0.300. The summed E-state index contributed by atoms with van der Waals surface area (Å²) >= 11 is 0. The molecular weight excluding hydrogens is 219 g/mol. The van der Waals surface area contributed by atoms with Crippen LogP contribution in [0.2, 0.25) is 0 Å². The van der Waals surface area contributed by atoms with E-state index in [1.807, 2.05) is 0 Å². The van der Waals surface area contributed by atoms with E-state index in [1.165, 1.54) is 0 Å². The smallest absolute Gasteiger partial charge is 0.317 e. The lowest BCUT2D eigenvalue weighted by Crippen LogP contribution is -2.60. The molecule has 0 aromatic heterocycles. The van der Waals surface area contributed by atoms with Crippen molar-refractivity contribution in [3.8, 4) is 0 Å². The van der Waals surface area contributed by atoms with E-state index < -0.39 is 26.8 Å². The van der Waals surface area contributed by atoms with Gasteiger partial charge in [-0.1, -0.05) is 0 Å². The van der Waals surface area contributed by atoms with Crippen LogP contribution in [-0.2, 0) is 9.84 Å². The summed E-state index contributed by atoms with van der Waals surface area (Å²) in [5.74, 6) is 0. The number of sulfone groups is 1. The maximum absolute atomic E-state index is 12.5. The summed E-state index contributed by atoms with van der Waals surface area (Å²) in [4.78, 5) is 0. The number of nitrogens with two attached hydrogens (primary N) is 1. The summed E-state index contributed by atoms with van der Waals surface area (Å²) in [7, 11) is -3.74. The fraction of sp³-hybridized carbons (Fsp3) is 1.00. The van der Waals surface area contributed by atoms with Crippen LogP contribution in [0.25, 0.3) is 0 Å². The summed E-state index contributed by atoms with van der Waals surface area (Å²) in [5, 5.41) is -1.49. The summed E-state index contributed by atoms with van der Waals surface area (Å²) in [6.07, 6.45) is -3.97. The second kappa shape index (κ2) is 3.10. The second-order valence-electron chi connectivity index (χ2n) is 3.75. The lowest BCUT2D eigenvalue weighted by Gasteiger charge is -2.32. The van der Waals surface area contributed by atoms with E-state index in [0.717, 1.165) is 6.26 Å². The standard InChI is InChI=1S/C7H12F3NO2S/c1-14(12,13)5-3-2-4-6(5,11)7(8,9)10/h5H,2-4,11H2,1H3. The van der Waals surface area contributed by atoms with Crippen LogP contribution >= 0.6 is 0 Å². The molecule has 1 aliphatic rings. The Morgan fingerprint density at radius 3 is 2.21 bits per heavy atom. The van der Waals surface area contributed by atoms with Gasteiger partial charge in [0.25, 0.3) is 0 Å². The van der Waals surface area contributed by atoms with Gasteiger partial charge in [-0.3, -0.25) is 0 Å². The molecule has 0 bridgehead atoms. The summed E-state index contributed by atoms with van der Waals surface area (Å²) < 4.78 is 59.8. The molecule has 1 fully saturated rings. The highest BCUT2D eigenvalue weighted by Crippen LogP contribution is 2.43. The van der Waals surface area contributed by atoms with Crippen LogP contribution in [0.15, 0.2) is 0 Å². The molecule has 1 saturated carbocycles. The molecule has 84 valence electrons. The van der Waals surface area contributed by atoms with Gasteiger partial charge in [0.05, 0.1) is 5.25 Å². The molecule has 0 aromatic carbocycles. The highest BCUT2D eigenvalue weighted by Gasteiger charge is 2.61. The number of hydrogen-bond acceptors (Lipinski definition) is 3. The molecule has 0 amide bonds. The zero-order chi connectivity index (χ0) is 11.2. The van der Waals surface area contributed by atoms with Gasteiger partial charge in [0.15, 0.2) is 9.84 Å². The van der Waals surface area contributed by atoms with Crippen molar-refractivity contribution < 1.29 is 21.6 Å². The van der Waals surface area contributed by atoms with Gasteiger partial charge in [-0.2, -0.15) is 13.2 Å². The van der Waals surface area contributed by atoms with Gasteiger partial charge in [0.2, 0.25) is 0 Å². The van der Waals surface area contributed by atoms with Crippen LogP contribution in [-0.4, -0.2) is 31.6 Å². The summed E-state index contributed by atoms with van der Waals surface area (Å²) in [6.45, 7) is 0. The van der Waals surface area contributed by atoms with Crippen LogP contribution in [0, 0.1) is 0 Å². The maximum Gasteiger partial charge on any atom is 0.407 e. The number of hydrogen-bond donors (Lipinski definition) is 1. The van der Waals surface area contributed by atoms with Crippen molar-refractivity contribution in [2.45, 2.75) is 36.2 Å². The molecule has 2 unspecified atom stereocenters. The van der Waals surface area contributed by atoms with Gasteiger partial charge in [-0.05, 0) is 19.3 Å². The van der Waals surface area contributed by atoms with E-state index in [-0.39, 0.29) is 19.3 Å². The van der Waals surface area contributed by atoms with Gasteiger partial charge in [-0.15, -0.1) is 0 Å².